The second-order valence-corrected chi connectivity index (χ2v) is 13.9. The smallest absolute Gasteiger partial charge is 0.254 e. The summed E-state index contributed by atoms with van der Waals surface area (Å²) in [5.74, 6) is -2.59. The van der Waals surface area contributed by atoms with E-state index in [-0.39, 0.29) is 47.6 Å². The van der Waals surface area contributed by atoms with Gasteiger partial charge in [-0.3, -0.25) is 9.59 Å². The Balaban J connectivity index is 2.07. The Morgan fingerprint density at radius 2 is 1.43 bits per heavy atom. The fraction of sp³-hybridized carbons (Fsp3) is 0.444. The van der Waals surface area contributed by atoms with E-state index < -0.39 is 45.6 Å². The number of nitrogens with zero attached hydrogens (tertiary/aromatic N) is 2. The van der Waals surface area contributed by atoms with Crippen molar-refractivity contribution in [2.75, 3.05) is 39.8 Å². The highest BCUT2D eigenvalue weighted by Crippen LogP contribution is 2.21. The first-order chi connectivity index (χ1) is 23.3. The topological polar surface area (TPSA) is 145 Å². The maximum Gasteiger partial charge on any atom is 0.254 e. The van der Waals surface area contributed by atoms with Gasteiger partial charge in [-0.15, -0.1) is 0 Å². The number of aliphatic hydroxyl groups excluding tert-OH is 1. The second kappa shape index (κ2) is 18.9. The third-order valence-electron chi connectivity index (χ3n) is 8.01. The first-order valence-electron chi connectivity index (χ1n) is 16.7. The Bertz CT molecular complexity index is 1650. The van der Waals surface area contributed by atoms with Gasteiger partial charge in [0.2, 0.25) is 10.0 Å². The molecular weight excluding hydrogens is 652 g/mol. The molecular formula is C36H49F2N5O5S. The molecule has 0 fully saturated rings. The highest BCUT2D eigenvalue weighted by Gasteiger charge is 2.28. The maximum absolute atomic E-state index is 14.4. The normalized spacial score (nSPS) is 12.8. The van der Waals surface area contributed by atoms with Gasteiger partial charge in [0.25, 0.3) is 11.8 Å². The summed E-state index contributed by atoms with van der Waals surface area (Å²) in [6, 6.07) is 13.4. The lowest BCUT2D eigenvalue weighted by atomic mass is 10.0. The van der Waals surface area contributed by atoms with Crippen molar-refractivity contribution in [3.8, 4) is 0 Å². The molecule has 3 rings (SSSR count). The molecule has 0 aliphatic carbocycles. The van der Waals surface area contributed by atoms with Crippen LogP contribution in [-0.4, -0.2) is 87.1 Å². The Labute approximate surface area is 288 Å². The molecule has 49 heavy (non-hydrogen) atoms. The molecule has 3 aromatic carbocycles. The van der Waals surface area contributed by atoms with Crippen molar-refractivity contribution in [1.82, 2.24) is 19.8 Å². The van der Waals surface area contributed by atoms with Crippen LogP contribution in [0, 0.1) is 11.6 Å². The molecule has 0 bridgehead atoms. The Morgan fingerprint density at radius 1 is 0.837 bits per heavy atom. The minimum absolute atomic E-state index is 0.0313. The van der Waals surface area contributed by atoms with Gasteiger partial charge < -0.3 is 26.0 Å². The molecule has 13 heteroatoms. The zero-order valence-electron chi connectivity index (χ0n) is 28.7. The Morgan fingerprint density at radius 3 is 2.00 bits per heavy atom. The molecule has 3 aromatic rings. The molecule has 0 aliphatic heterocycles. The summed E-state index contributed by atoms with van der Waals surface area (Å²) in [5, 5.41) is 14.1. The summed E-state index contributed by atoms with van der Waals surface area (Å²) in [7, 11) is -2.45. The number of halogens is 2. The van der Waals surface area contributed by atoms with Gasteiger partial charge in [-0.25, -0.2) is 21.9 Å². The van der Waals surface area contributed by atoms with Gasteiger partial charge in [-0.1, -0.05) is 45.0 Å². The van der Waals surface area contributed by atoms with Crippen LogP contribution >= 0.6 is 0 Å². The van der Waals surface area contributed by atoms with Gasteiger partial charge in [0.05, 0.1) is 11.0 Å². The number of nitrogens with one attached hydrogen (secondary N) is 2. The molecule has 2 amide bonds. The minimum atomic E-state index is -4.13. The lowest BCUT2D eigenvalue weighted by Crippen LogP contribution is -2.46. The highest BCUT2D eigenvalue weighted by molar-refractivity contribution is 7.89. The predicted molar refractivity (Wildman–Crippen MR) is 187 cm³/mol. The van der Waals surface area contributed by atoms with E-state index in [0.29, 0.717) is 32.5 Å². The molecule has 0 unspecified atom stereocenters. The zero-order valence-corrected chi connectivity index (χ0v) is 29.5. The lowest BCUT2D eigenvalue weighted by molar-refractivity contribution is 0.0554. The van der Waals surface area contributed by atoms with E-state index in [2.05, 4.69) is 10.0 Å². The summed E-state index contributed by atoms with van der Waals surface area (Å²) in [6.45, 7) is 6.95. The van der Waals surface area contributed by atoms with E-state index in [0.717, 1.165) is 35.7 Å². The third kappa shape index (κ3) is 11.7. The number of carbonyl (C=O) groups excluding carboxylic acids is 2. The number of hydrogen-bond acceptors (Lipinski definition) is 7. The van der Waals surface area contributed by atoms with Crippen molar-refractivity contribution in [3.63, 3.8) is 0 Å². The summed E-state index contributed by atoms with van der Waals surface area (Å²) >= 11 is 0. The van der Waals surface area contributed by atoms with Crippen molar-refractivity contribution >= 4 is 21.8 Å². The average molecular weight is 702 g/mol. The highest BCUT2D eigenvalue weighted by atomic mass is 32.2. The van der Waals surface area contributed by atoms with Crippen molar-refractivity contribution in [1.29, 1.82) is 0 Å². The summed E-state index contributed by atoms with van der Waals surface area (Å²) in [4.78, 5) is 30.8. The molecule has 0 saturated carbocycles. The van der Waals surface area contributed by atoms with Crippen LogP contribution in [0.25, 0.3) is 0 Å². The van der Waals surface area contributed by atoms with E-state index in [1.165, 1.54) is 23.1 Å². The number of benzene rings is 3. The van der Waals surface area contributed by atoms with Crippen LogP contribution in [0.3, 0.4) is 0 Å². The SMILES string of the molecule is CCCN(CCC)C(=O)c1cc(C(=O)N(Cc2cccc(CC)c2)C[C@@H](O)[C@@H](N)Cc2cc(F)cc(F)c2)cc(S(=O)(=O)NCCNC)c1. The summed E-state index contributed by atoms with van der Waals surface area (Å²) < 4.78 is 57.0. The van der Waals surface area contributed by atoms with Crippen LogP contribution in [0.5, 0.6) is 0 Å². The molecule has 2 atom stereocenters. The van der Waals surface area contributed by atoms with Crippen LogP contribution in [0.2, 0.25) is 0 Å². The minimum Gasteiger partial charge on any atom is -0.390 e. The molecule has 0 saturated heterocycles. The molecule has 10 nitrogen and oxygen atoms in total. The van der Waals surface area contributed by atoms with Crippen molar-refractivity contribution in [2.24, 2.45) is 5.73 Å². The summed E-state index contributed by atoms with van der Waals surface area (Å²) in [6.07, 6.45) is 0.722. The molecule has 268 valence electrons. The van der Waals surface area contributed by atoms with Gasteiger partial charge in [0.15, 0.2) is 0 Å². The average Bonchev–Trinajstić information content (AvgIpc) is 3.06. The van der Waals surface area contributed by atoms with Gasteiger partial charge in [0, 0.05) is 62.5 Å². The van der Waals surface area contributed by atoms with Crippen LogP contribution in [-0.2, 0) is 29.4 Å². The number of carbonyl (C=O) groups is 2. The lowest BCUT2D eigenvalue weighted by Gasteiger charge is -2.29. The Kier molecular flexibility index (Phi) is 15.3. The van der Waals surface area contributed by atoms with Crippen molar-refractivity contribution in [3.05, 3.63) is 100 Å². The number of likely N-dealkylation sites (N-methyl/N-ethyl adjacent to an activating group) is 1. The second-order valence-electron chi connectivity index (χ2n) is 12.1. The standard InChI is InChI=1S/C36H49F2N5O5S/c1-5-13-42(14-6-2)35(45)28-19-29(21-32(20-28)49(47,48)41-12-11-40-4)36(46)43(23-26-10-8-9-25(7-3)15-26)24-34(44)33(39)18-27-16-30(37)22-31(38)17-27/h8-10,15-17,19-22,33-34,40-41,44H,5-7,11-14,18,23-24,39H2,1-4H3/t33-,34+/m0/s1. The quantitative estimate of drug-likeness (QED) is 0.139. The zero-order chi connectivity index (χ0) is 36.1. The van der Waals surface area contributed by atoms with Crippen LogP contribution < -0.4 is 15.8 Å². The number of aryl methyl sites for hydroxylation is 1. The van der Waals surface area contributed by atoms with E-state index in [9.17, 15) is 31.9 Å². The number of aliphatic hydroxyl groups is 1. The molecule has 0 radical (unpaired) electrons. The van der Waals surface area contributed by atoms with Gasteiger partial charge in [-0.2, -0.15) is 0 Å². The van der Waals surface area contributed by atoms with Gasteiger partial charge in [0.1, 0.15) is 11.6 Å². The summed E-state index contributed by atoms with van der Waals surface area (Å²) in [5.41, 5.74) is 8.30. The first-order valence-corrected chi connectivity index (χ1v) is 18.1. The van der Waals surface area contributed by atoms with E-state index in [1.807, 2.05) is 45.0 Å². The first kappa shape index (κ1) is 39.7. The number of nitrogens with two attached hydrogens (primary N) is 1. The number of sulfonamides is 1. The number of rotatable bonds is 19. The monoisotopic (exact) mass is 701 g/mol. The molecule has 0 heterocycles. The fourth-order valence-corrected chi connectivity index (χ4v) is 6.60. The van der Waals surface area contributed by atoms with E-state index in [1.54, 1.807) is 11.9 Å². The predicted octanol–water partition coefficient (Wildman–Crippen LogP) is 3.86. The van der Waals surface area contributed by atoms with Crippen LogP contribution in [0.1, 0.15) is 71.0 Å². The Hall–Kier alpha value is -3.75. The van der Waals surface area contributed by atoms with Gasteiger partial charge in [-0.05, 0) is 79.8 Å². The van der Waals surface area contributed by atoms with E-state index in [4.69, 9.17) is 5.73 Å². The van der Waals surface area contributed by atoms with Crippen molar-refractivity contribution < 1.29 is 31.9 Å². The fourth-order valence-electron chi connectivity index (χ4n) is 5.50. The largest absolute Gasteiger partial charge is 0.390 e. The molecule has 0 spiro atoms. The third-order valence-corrected chi connectivity index (χ3v) is 9.45. The van der Waals surface area contributed by atoms with Gasteiger partial charge >= 0.3 is 0 Å². The maximum atomic E-state index is 14.4. The molecule has 0 aliphatic rings. The number of amides is 2. The number of hydrogen-bond donors (Lipinski definition) is 4. The molecule has 5 N–H and O–H groups in total. The molecule has 0 aromatic heterocycles. The van der Waals surface area contributed by atoms with Crippen LogP contribution in [0.15, 0.2) is 65.6 Å². The van der Waals surface area contributed by atoms with Crippen molar-refractivity contribution in [2.45, 2.75) is 70.0 Å². The van der Waals surface area contributed by atoms with E-state index >= 15 is 0 Å². The van der Waals surface area contributed by atoms with Crippen LogP contribution in [0.4, 0.5) is 8.78 Å².